The molecule has 1 fully saturated rings. The second-order valence-electron chi connectivity index (χ2n) is 6.21. The van der Waals surface area contributed by atoms with Gasteiger partial charge in [-0.2, -0.15) is 0 Å². The maximum absolute atomic E-state index is 12.6. The van der Waals surface area contributed by atoms with E-state index in [2.05, 4.69) is 5.32 Å². The van der Waals surface area contributed by atoms with Crippen molar-refractivity contribution < 1.29 is 24.2 Å². The molecule has 28 heavy (non-hydrogen) atoms. The first-order valence-corrected chi connectivity index (χ1v) is 9.03. The first kappa shape index (κ1) is 20.0. The molecular weight excluding hydrogens is 407 g/mol. The third-order valence-corrected chi connectivity index (χ3v) is 4.98. The molecule has 2 amide bonds. The van der Waals surface area contributed by atoms with Crippen molar-refractivity contribution in [3.8, 4) is 5.75 Å². The maximum Gasteiger partial charge on any atom is 0.339 e. The fourth-order valence-corrected chi connectivity index (χ4v) is 3.31. The molecule has 2 N–H and O–H groups in total. The van der Waals surface area contributed by atoms with Crippen LogP contribution in [0.4, 0.5) is 11.4 Å². The van der Waals surface area contributed by atoms with Crippen LogP contribution in [0.25, 0.3) is 0 Å². The number of carbonyl (C=O) groups excluding carboxylic acids is 2. The highest BCUT2D eigenvalue weighted by Gasteiger charge is 2.35. The molecule has 1 saturated heterocycles. The number of hydrogen-bond donors (Lipinski definition) is 2. The van der Waals surface area contributed by atoms with Crippen molar-refractivity contribution in [1.82, 2.24) is 0 Å². The average Bonchev–Trinajstić information content (AvgIpc) is 3.05. The number of benzene rings is 2. The van der Waals surface area contributed by atoms with Gasteiger partial charge in [-0.05, 0) is 30.3 Å². The van der Waals surface area contributed by atoms with E-state index < -0.39 is 17.8 Å². The van der Waals surface area contributed by atoms with Crippen LogP contribution in [-0.4, -0.2) is 36.5 Å². The molecule has 9 heteroatoms. The lowest BCUT2D eigenvalue weighted by molar-refractivity contribution is -0.122. The Hall–Kier alpha value is -2.77. The van der Waals surface area contributed by atoms with Crippen LogP contribution >= 0.6 is 23.2 Å². The first-order chi connectivity index (χ1) is 13.3. The van der Waals surface area contributed by atoms with Gasteiger partial charge >= 0.3 is 5.97 Å². The summed E-state index contributed by atoms with van der Waals surface area (Å²) in [5, 5.41) is 12.4. The zero-order valence-corrected chi connectivity index (χ0v) is 16.3. The van der Waals surface area contributed by atoms with Crippen LogP contribution in [0.2, 0.25) is 10.0 Å². The first-order valence-electron chi connectivity index (χ1n) is 8.27. The fraction of sp³-hybridized carbons (Fsp3) is 0.211. The molecule has 1 unspecified atom stereocenters. The minimum atomic E-state index is -1.20. The Bertz CT molecular complexity index is 946. The van der Waals surface area contributed by atoms with Gasteiger partial charge in [-0.3, -0.25) is 9.59 Å². The molecule has 0 radical (unpaired) electrons. The monoisotopic (exact) mass is 422 g/mol. The van der Waals surface area contributed by atoms with Crippen LogP contribution in [-0.2, 0) is 9.59 Å². The summed E-state index contributed by atoms with van der Waals surface area (Å²) in [6.07, 6.45) is 0.0520. The van der Waals surface area contributed by atoms with Crippen molar-refractivity contribution >= 4 is 52.4 Å². The normalized spacial score (nSPS) is 16.2. The number of rotatable bonds is 5. The van der Waals surface area contributed by atoms with E-state index in [1.807, 2.05) is 0 Å². The van der Waals surface area contributed by atoms with E-state index in [4.69, 9.17) is 27.9 Å². The second-order valence-corrected chi connectivity index (χ2v) is 7.05. The summed E-state index contributed by atoms with van der Waals surface area (Å²) in [7, 11) is 1.32. The summed E-state index contributed by atoms with van der Waals surface area (Å²) in [5.74, 6) is -2.28. The van der Waals surface area contributed by atoms with Gasteiger partial charge in [0.1, 0.15) is 11.3 Å². The van der Waals surface area contributed by atoms with Gasteiger partial charge in [-0.1, -0.05) is 23.2 Å². The molecule has 146 valence electrons. The van der Waals surface area contributed by atoms with Gasteiger partial charge in [-0.15, -0.1) is 0 Å². The Kier molecular flexibility index (Phi) is 5.76. The number of anilines is 2. The lowest BCUT2D eigenvalue weighted by atomic mass is 10.1. The number of aromatic carboxylic acids is 1. The molecule has 0 aliphatic carbocycles. The van der Waals surface area contributed by atoms with Crippen molar-refractivity contribution in [2.75, 3.05) is 23.9 Å². The third-order valence-electron chi connectivity index (χ3n) is 4.41. The quantitative estimate of drug-likeness (QED) is 0.765. The van der Waals surface area contributed by atoms with Crippen molar-refractivity contribution in [3.63, 3.8) is 0 Å². The molecule has 0 bridgehead atoms. The van der Waals surface area contributed by atoms with Crippen LogP contribution in [0.1, 0.15) is 16.8 Å². The highest BCUT2D eigenvalue weighted by Crippen LogP contribution is 2.32. The molecule has 1 aliphatic rings. The summed E-state index contributed by atoms with van der Waals surface area (Å²) in [4.78, 5) is 37.7. The number of methoxy groups -OCH3 is 1. The Morgan fingerprint density at radius 3 is 2.50 bits per heavy atom. The minimum absolute atomic E-state index is 0.0520. The summed E-state index contributed by atoms with van der Waals surface area (Å²) < 4.78 is 5.05. The summed E-state index contributed by atoms with van der Waals surface area (Å²) in [6.45, 7) is 0.217. The molecule has 0 aromatic heterocycles. The van der Waals surface area contributed by atoms with Gasteiger partial charge in [0.2, 0.25) is 11.8 Å². The van der Waals surface area contributed by atoms with Gasteiger partial charge in [0, 0.05) is 29.7 Å². The van der Waals surface area contributed by atoms with Crippen LogP contribution in [0.3, 0.4) is 0 Å². The predicted molar refractivity (Wildman–Crippen MR) is 106 cm³/mol. The number of carboxylic acids is 1. The highest BCUT2D eigenvalue weighted by atomic mass is 35.5. The number of nitrogens with one attached hydrogen (secondary N) is 1. The molecule has 0 spiro atoms. The van der Waals surface area contributed by atoms with Gasteiger partial charge < -0.3 is 20.1 Å². The van der Waals surface area contributed by atoms with E-state index in [0.29, 0.717) is 10.7 Å². The average molecular weight is 423 g/mol. The number of halogens is 2. The maximum atomic E-state index is 12.6. The van der Waals surface area contributed by atoms with Crippen LogP contribution < -0.4 is 15.0 Å². The van der Waals surface area contributed by atoms with E-state index in [0.717, 1.165) is 0 Å². The lowest BCUT2D eigenvalue weighted by Crippen LogP contribution is -2.28. The Labute approximate surface area is 170 Å². The van der Waals surface area contributed by atoms with Crippen LogP contribution in [0.5, 0.6) is 5.75 Å². The fourth-order valence-electron chi connectivity index (χ4n) is 2.97. The second kappa shape index (κ2) is 8.08. The van der Waals surface area contributed by atoms with Crippen molar-refractivity contribution in [2.45, 2.75) is 6.42 Å². The van der Waals surface area contributed by atoms with Gasteiger partial charge in [0.25, 0.3) is 0 Å². The molecular formula is C19H16Cl2N2O5. The number of nitrogens with zero attached hydrogens (tertiary/aromatic N) is 1. The van der Waals surface area contributed by atoms with E-state index >= 15 is 0 Å². The van der Waals surface area contributed by atoms with E-state index in [-0.39, 0.29) is 40.9 Å². The topological polar surface area (TPSA) is 95.9 Å². The Morgan fingerprint density at radius 1 is 1.21 bits per heavy atom. The highest BCUT2D eigenvalue weighted by molar-refractivity contribution is 6.34. The van der Waals surface area contributed by atoms with E-state index in [1.165, 1.54) is 24.1 Å². The molecule has 2 aromatic carbocycles. The van der Waals surface area contributed by atoms with Crippen LogP contribution in [0.15, 0.2) is 36.4 Å². The number of carboxylic acid groups (broad SMARTS) is 1. The van der Waals surface area contributed by atoms with Gasteiger partial charge in [0.15, 0.2) is 0 Å². The van der Waals surface area contributed by atoms with Gasteiger partial charge in [-0.25, -0.2) is 4.79 Å². The zero-order chi connectivity index (χ0) is 20.4. The standard InChI is InChI=1S/C19H16Cl2N2O5/c1-28-16-8-15(14(21)7-13(16)19(26)27)22-18(25)10-6-17(24)23(9-10)12-4-2-11(20)3-5-12/h2-5,7-8,10H,6,9H2,1H3,(H,22,25)(H,26,27). The smallest absolute Gasteiger partial charge is 0.339 e. The number of amides is 2. The molecule has 0 saturated carbocycles. The SMILES string of the molecule is COc1cc(NC(=O)C2CC(=O)N(c3ccc(Cl)cc3)C2)c(Cl)cc1C(=O)O. The number of ether oxygens (including phenoxy) is 1. The number of hydrogen-bond acceptors (Lipinski definition) is 4. The molecule has 1 heterocycles. The summed E-state index contributed by atoms with van der Waals surface area (Å²) in [6, 6.07) is 9.33. The summed E-state index contributed by atoms with van der Waals surface area (Å²) >= 11 is 12.0. The van der Waals surface area contributed by atoms with Crippen molar-refractivity contribution in [3.05, 3.63) is 52.0 Å². The van der Waals surface area contributed by atoms with Crippen molar-refractivity contribution in [1.29, 1.82) is 0 Å². The lowest BCUT2D eigenvalue weighted by Gasteiger charge is -2.17. The molecule has 3 rings (SSSR count). The third kappa shape index (κ3) is 4.05. The van der Waals surface area contributed by atoms with Crippen molar-refractivity contribution in [2.24, 2.45) is 5.92 Å². The zero-order valence-electron chi connectivity index (χ0n) is 14.7. The number of carbonyl (C=O) groups is 3. The van der Waals surface area contributed by atoms with Crippen LogP contribution in [0, 0.1) is 5.92 Å². The molecule has 1 atom stereocenters. The summed E-state index contributed by atoms with van der Waals surface area (Å²) in [5.41, 5.74) is 0.761. The molecule has 7 nitrogen and oxygen atoms in total. The van der Waals surface area contributed by atoms with E-state index in [9.17, 15) is 19.5 Å². The van der Waals surface area contributed by atoms with E-state index in [1.54, 1.807) is 24.3 Å². The largest absolute Gasteiger partial charge is 0.496 e. The molecule has 1 aliphatic heterocycles. The minimum Gasteiger partial charge on any atom is -0.496 e. The van der Waals surface area contributed by atoms with Gasteiger partial charge in [0.05, 0.1) is 23.7 Å². The predicted octanol–water partition coefficient (Wildman–Crippen LogP) is 3.69. The Morgan fingerprint density at radius 2 is 1.89 bits per heavy atom. The Balaban J connectivity index is 1.76. The molecule has 2 aromatic rings.